The Morgan fingerprint density at radius 1 is 1.24 bits per heavy atom. The number of carbonyl (C=O) groups excluding carboxylic acids is 1. The molecular weight excluding hydrogens is 268 g/mol. The van der Waals surface area contributed by atoms with Crippen molar-refractivity contribution in [2.24, 2.45) is 11.8 Å². The van der Waals surface area contributed by atoms with Gasteiger partial charge in [-0.2, -0.15) is 0 Å². The van der Waals surface area contributed by atoms with Crippen molar-refractivity contribution >= 4 is 11.9 Å². The monoisotopic (exact) mass is 296 g/mol. The number of aliphatic carboxylic acids is 1. The molecule has 0 saturated carbocycles. The van der Waals surface area contributed by atoms with Crippen LogP contribution in [0.15, 0.2) is 12.2 Å². The number of hydrogen-bond acceptors (Lipinski definition) is 3. The predicted octanol–water partition coefficient (Wildman–Crippen LogP) is 1.89. The number of carboxylic acid groups (broad SMARTS) is 1. The molecule has 1 rings (SSSR count). The molecule has 1 aliphatic carbocycles. The number of nitrogens with zero attached hydrogens (tertiary/aromatic N) is 1. The Labute approximate surface area is 127 Å². The van der Waals surface area contributed by atoms with Crippen LogP contribution >= 0.6 is 0 Å². The lowest BCUT2D eigenvalue weighted by Crippen LogP contribution is -2.39. The number of allylic oxidation sites excluding steroid dienone is 2. The van der Waals surface area contributed by atoms with Crippen LogP contribution in [0.3, 0.4) is 0 Å². The highest BCUT2D eigenvalue weighted by molar-refractivity contribution is 5.85. The molecule has 1 amide bonds. The van der Waals surface area contributed by atoms with Gasteiger partial charge in [0.15, 0.2) is 0 Å². The molecule has 0 aromatic heterocycles. The molecule has 2 N–H and O–H groups in total. The summed E-state index contributed by atoms with van der Waals surface area (Å²) in [5, 5.41) is 12.0. The van der Waals surface area contributed by atoms with Gasteiger partial charge in [0.25, 0.3) is 0 Å². The smallest absolute Gasteiger partial charge is 0.307 e. The van der Waals surface area contributed by atoms with Gasteiger partial charge in [-0.15, -0.1) is 0 Å². The van der Waals surface area contributed by atoms with E-state index in [1.807, 2.05) is 12.2 Å². The molecule has 1 aliphatic rings. The number of hydrogen-bond donors (Lipinski definition) is 2. The zero-order chi connectivity index (χ0) is 15.8. The van der Waals surface area contributed by atoms with E-state index in [0.29, 0.717) is 25.4 Å². The molecular formula is C16H28N2O3. The molecule has 2 atom stereocenters. The minimum Gasteiger partial charge on any atom is -0.481 e. The number of unbranched alkanes of at least 4 members (excludes halogenated alkanes) is 1. The summed E-state index contributed by atoms with van der Waals surface area (Å²) in [7, 11) is 2.09. The second-order valence-electron chi connectivity index (χ2n) is 6.07. The lowest BCUT2D eigenvalue weighted by Gasteiger charge is -2.24. The summed E-state index contributed by atoms with van der Waals surface area (Å²) in [5.74, 6) is -2.00. The Kier molecular flexibility index (Phi) is 7.43. The van der Waals surface area contributed by atoms with Crippen molar-refractivity contribution in [3.63, 3.8) is 0 Å². The fraction of sp³-hybridized carbons (Fsp3) is 0.750. The van der Waals surface area contributed by atoms with Gasteiger partial charge in [-0.1, -0.05) is 12.2 Å². The van der Waals surface area contributed by atoms with Crippen molar-refractivity contribution in [1.82, 2.24) is 10.2 Å². The molecule has 5 heteroatoms. The van der Waals surface area contributed by atoms with Gasteiger partial charge in [0.2, 0.25) is 5.91 Å². The maximum Gasteiger partial charge on any atom is 0.307 e. The highest BCUT2D eigenvalue weighted by Gasteiger charge is 2.33. The predicted molar refractivity (Wildman–Crippen MR) is 83.0 cm³/mol. The average Bonchev–Trinajstić information content (AvgIpc) is 2.46. The van der Waals surface area contributed by atoms with Crippen LogP contribution in [-0.2, 0) is 9.59 Å². The van der Waals surface area contributed by atoms with E-state index < -0.39 is 17.8 Å². The summed E-state index contributed by atoms with van der Waals surface area (Å²) in [6.45, 7) is 5.95. The molecule has 0 bridgehead atoms. The molecule has 0 aliphatic heterocycles. The summed E-state index contributed by atoms with van der Waals surface area (Å²) in [5.41, 5.74) is 0. The third-order valence-electron chi connectivity index (χ3n) is 4.20. The maximum atomic E-state index is 12.1. The summed E-state index contributed by atoms with van der Waals surface area (Å²) >= 11 is 0. The fourth-order valence-electron chi connectivity index (χ4n) is 2.46. The van der Waals surface area contributed by atoms with Crippen LogP contribution in [0.1, 0.15) is 39.5 Å². The van der Waals surface area contributed by atoms with E-state index in [-0.39, 0.29) is 5.91 Å². The zero-order valence-corrected chi connectivity index (χ0v) is 13.3. The Balaban J connectivity index is 2.27. The second-order valence-corrected chi connectivity index (χ2v) is 6.07. The van der Waals surface area contributed by atoms with Crippen LogP contribution in [0.4, 0.5) is 0 Å². The van der Waals surface area contributed by atoms with Gasteiger partial charge in [-0.25, -0.2) is 0 Å². The van der Waals surface area contributed by atoms with E-state index in [2.05, 4.69) is 31.1 Å². The Morgan fingerprint density at radius 3 is 2.43 bits per heavy atom. The summed E-state index contributed by atoms with van der Waals surface area (Å²) < 4.78 is 0. The zero-order valence-electron chi connectivity index (χ0n) is 13.3. The van der Waals surface area contributed by atoms with Gasteiger partial charge in [-0.3, -0.25) is 9.59 Å². The third-order valence-corrected chi connectivity index (χ3v) is 4.20. The van der Waals surface area contributed by atoms with E-state index in [4.69, 9.17) is 5.11 Å². The van der Waals surface area contributed by atoms with Crippen molar-refractivity contribution in [2.45, 2.75) is 45.6 Å². The van der Waals surface area contributed by atoms with Crippen LogP contribution in [0.2, 0.25) is 0 Å². The fourth-order valence-corrected chi connectivity index (χ4v) is 2.46. The normalized spacial score (nSPS) is 21.8. The second kappa shape index (κ2) is 8.82. The number of nitrogens with one attached hydrogen (secondary N) is 1. The van der Waals surface area contributed by atoms with E-state index in [1.165, 1.54) is 0 Å². The third kappa shape index (κ3) is 5.87. The Hall–Kier alpha value is -1.36. The Morgan fingerprint density at radius 2 is 1.86 bits per heavy atom. The van der Waals surface area contributed by atoms with E-state index >= 15 is 0 Å². The van der Waals surface area contributed by atoms with E-state index in [0.717, 1.165) is 19.4 Å². The first-order valence-corrected chi connectivity index (χ1v) is 7.79. The van der Waals surface area contributed by atoms with Crippen LogP contribution in [-0.4, -0.2) is 48.1 Å². The molecule has 0 spiro atoms. The Bertz CT molecular complexity index is 380. The first-order valence-electron chi connectivity index (χ1n) is 7.79. The largest absolute Gasteiger partial charge is 0.481 e. The lowest BCUT2D eigenvalue weighted by molar-refractivity contribution is -0.147. The number of carboxylic acids is 1. The summed E-state index contributed by atoms with van der Waals surface area (Å²) in [4.78, 5) is 25.5. The van der Waals surface area contributed by atoms with Crippen LogP contribution in [0.5, 0.6) is 0 Å². The van der Waals surface area contributed by atoms with Crippen LogP contribution < -0.4 is 5.32 Å². The van der Waals surface area contributed by atoms with Crippen LogP contribution in [0, 0.1) is 11.8 Å². The SMILES string of the molecule is CC(C)N(C)CCCCNC(=O)[C@@H]1CC=CC[C@@H]1C(=O)O. The van der Waals surface area contributed by atoms with Gasteiger partial charge < -0.3 is 15.3 Å². The van der Waals surface area contributed by atoms with Gasteiger partial charge in [-0.05, 0) is 53.1 Å². The molecule has 0 fully saturated rings. The quantitative estimate of drug-likeness (QED) is 0.530. The van der Waals surface area contributed by atoms with Gasteiger partial charge in [0.05, 0.1) is 11.8 Å². The standard InChI is InChI=1S/C16H28N2O3/c1-12(2)18(3)11-7-6-10-17-15(19)13-8-4-5-9-14(13)16(20)21/h4-5,12-14H,6-11H2,1-3H3,(H,17,19)(H,20,21)/t13-,14+/m1/s1. The first kappa shape index (κ1) is 17.7. The molecule has 0 radical (unpaired) electrons. The van der Waals surface area contributed by atoms with Crippen molar-refractivity contribution in [2.75, 3.05) is 20.1 Å². The maximum absolute atomic E-state index is 12.1. The van der Waals surface area contributed by atoms with Gasteiger partial charge >= 0.3 is 5.97 Å². The molecule has 21 heavy (non-hydrogen) atoms. The topological polar surface area (TPSA) is 69.6 Å². The van der Waals surface area contributed by atoms with Gasteiger partial charge in [0, 0.05) is 12.6 Å². The van der Waals surface area contributed by atoms with Crippen LogP contribution in [0.25, 0.3) is 0 Å². The molecule has 0 heterocycles. The number of amides is 1. The molecule has 0 saturated heterocycles. The number of rotatable bonds is 8. The molecule has 0 aromatic rings. The average molecular weight is 296 g/mol. The van der Waals surface area contributed by atoms with Crippen molar-refractivity contribution in [1.29, 1.82) is 0 Å². The molecule has 120 valence electrons. The minimum absolute atomic E-state index is 0.121. The van der Waals surface area contributed by atoms with E-state index in [9.17, 15) is 9.59 Å². The highest BCUT2D eigenvalue weighted by Crippen LogP contribution is 2.25. The summed E-state index contributed by atoms with van der Waals surface area (Å²) in [6.07, 6.45) is 6.68. The first-order chi connectivity index (χ1) is 9.93. The molecule has 0 aromatic carbocycles. The molecule has 0 unspecified atom stereocenters. The lowest BCUT2D eigenvalue weighted by atomic mass is 9.82. The number of carbonyl (C=O) groups is 2. The summed E-state index contributed by atoms with van der Waals surface area (Å²) in [6, 6.07) is 0.532. The molecule has 5 nitrogen and oxygen atoms in total. The van der Waals surface area contributed by atoms with Crippen molar-refractivity contribution < 1.29 is 14.7 Å². The van der Waals surface area contributed by atoms with Crippen molar-refractivity contribution in [3.8, 4) is 0 Å². The highest BCUT2D eigenvalue weighted by atomic mass is 16.4. The van der Waals surface area contributed by atoms with Gasteiger partial charge in [0.1, 0.15) is 0 Å². The van der Waals surface area contributed by atoms with E-state index in [1.54, 1.807) is 0 Å². The minimum atomic E-state index is -0.877. The van der Waals surface area contributed by atoms with Crippen molar-refractivity contribution in [3.05, 3.63) is 12.2 Å².